The van der Waals surface area contributed by atoms with E-state index >= 15 is 0 Å². The lowest BCUT2D eigenvalue weighted by atomic mass is 9.94. The van der Waals surface area contributed by atoms with Crippen LogP contribution in [0.2, 0.25) is 0 Å². The van der Waals surface area contributed by atoms with Gasteiger partial charge < -0.3 is 5.32 Å². The highest BCUT2D eigenvalue weighted by molar-refractivity contribution is 4.84. The summed E-state index contributed by atoms with van der Waals surface area (Å²) in [6, 6.07) is 1.79. The van der Waals surface area contributed by atoms with E-state index in [1.165, 1.54) is 77.3 Å². The maximum atomic E-state index is 3.32. The van der Waals surface area contributed by atoms with Crippen molar-refractivity contribution in [3.8, 4) is 0 Å². The molecule has 0 aromatic rings. The van der Waals surface area contributed by atoms with Crippen LogP contribution >= 0.6 is 0 Å². The SMILES string of the molecule is CNCCC1CCCCN1C1CCCCCC1. The van der Waals surface area contributed by atoms with Gasteiger partial charge in [0.05, 0.1) is 0 Å². The van der Waals surface area contributed by atoms with Gasteiger partial charge in [0.2, 0.25) is 0 Å². The number of hydrogen-bond acceptors (Lipinski definition) is 2. The van der Waals surface area contributed by atoms with Gasteiger partial charge in [-0.2, -0.15) is 0 Å². The summed E-state index contributed by atoms with van der Waals surface area (Å²) < 4.78 is 0. The standard InChI is InChI=1S/C15H30N2/c1-16-12-11-15-10-6-7-13-17(15)14-8-4-2-3-5-9-14/h14-16H,2-13H2,1H3. The molecule has 0 amide bonds. The molecule has 1 heterocycles. The zero-order valence-electron chi connectivity index (χ0n) is 11.6. The summed E-state index contributed by atoms with van der Waals surface area (Å²) in [5, 5.41) is 3.32. The smallest absolute Gasteiger partial charge is 0.0110 e. The van der Waals surface area contributed by atoms with E-state index in [2.05, 4.69) is 17.3 Å². The first kappa shape index (κ1) is 13.4. The second kappa shape index (κ2) is 7.38. The van der Waals surface area contributed by atoms with Crippen LogP contribution < -0.4 is 5.32 Å². The minimum absolute atomic E-state index is 0.874. The lowest BCUT2D eigenvalue weighted by Crippen LogP contribution is -2.47. The highest BCUT2D eigenvalue weighted by Gasteiger charge is 2.28. The fourth-order valence-corrected chi connectivity index (χ4v) is 3.71. The van der Waals surface area contributed by atoms with Crippen molar-refractivity contribution in [2.45, 2.75) is 76.3 Å². The van der Waals surface area contributed by atoms with E-state index < -0.39 is 0 Å². The molecule has 2 rings (SSSR count). The predicted molar refractivity (Wildman–Crippen MR) is 74.4 cm³/mol. The zero-order valence-corrected chi connectivity index (χ0v) is 11.6. The third-order valence-corrected chi connectivity index (χ3v) is 4.69. The Morgan fingerprint density at radius 1 is 0.941 bits per heavy atom. The quantitative estimate of drug-likeness (QED) is 0.757. The molecule has 2 aliphatic rings. The van der Waals surface area contributed by atoms with E-state index in [1.54, 1.807) is 0 Å². The molecule has 1 saturated carbocycles. The molecule has 0 bridgehead atoms. The summed E-state index contributed by atoms with van der Waals surface area (Å²) in [6.07, 6.45) is 14.5. The van der Waals surface area contributed by atoms with Crippen molar-refractivity contribution < 1.29 is 0 Å². The van der Waals surface area contributed by atoms with E-state index in [0.29, 0.717) is 0 Å². The van der Waals surface area contributed by atoms with Crippen LogP contribution in [0.1, 0.15) is 64.2 Å². The first-order chi connectivity index (χ1) is 8.42. The summed E-state index contributed by atoms with van der Waals surface area (Å²) in [5.74, 6) is 0. The number of likely N-dealkylation sites (tertiary alicyclic amines) is 1. The first-order valence-electron chi connectivity index (χ1n) is 7.82. The first-order valence-corrected chi connectivity index (χ1v) is 7.82. The van der Waals surface area contributed by atoms with Crippen LogP contribution in [0.25, 0.3) is 0 Å². The Morgan fingerprint density at radius 3 is 2.35 bits per heavy atom. The van der Waals surface area contributed by atoms with E-state index in [1.807, 2.05) is 0 Å². The van der Waals surface area contributed by atoms with Gasteiger partial charge in [-0.05, 0) is 52.2 Å². The van der Waals surface area contributed by atoms with Gasteiger partial charge in [0, 0.05) is 12.1 Å². The highest BCUT2D eigenvalue weighted by atomic mass is 15.2. The summed E-state index contributed by atoms with van der Waals surface area (Å²) in [5.41, 5.74) is 0. The van der Waals surface area contributed by atoms with E-state index in [-0.39, 0.29) is 0 Å². The molecule has 0 radical (unpaired) electrons. The van der Waals surface area contributed by atoms with Crippen molar-refractivity contribution in [2.75, 3.05) is 20.1 Å². The third kappa shape index (κ3) is 3.96. The monoisotopic (exact) mass is 238 g/mol. The summed E-state index contributed by atoms with van der Waals surface area (Å²) in [4.78, 5) is 2.88. The van der Waals surface area contributed by atoms with Crippen molar-refractivity contribution in [3.05, 3.63) is 0 Å². The highest BCUT2D eigenvalue weighted by Crippen LogP contribution is 2.28. The zero-order chi connectivity index (χ0) is 11.9. The molecule has 100 valence electrons. The molecule has 0 aromatic carbocycles. The molecule has 17 heavy (non-hydrogen) atoms. The van der Waals surface area contributed by atoms with Crippen molar-refractivity contribution in [3.63, 3.8) is 0 Å². The van der Waals surface area contributed by atoms with E-state index in [4.69, 9.17) is 0 Å². The number of hydrogen-bond donors (Lipinski definition) is 1. The Balaban J connectivity index is 1.89. The minimum atomic E-state index is 0.874. The second-order valence-electron chi connectivity index (χ2n) is 5.93. The van der Waals surface area contributed by atoms with Crippen molar-refractivity contribution in [1.82, 2.24) is 10.2 Å². The molecule has 1 N–H and O–H groups in total. The predicted octanol–water partition coefficient (Wildman–Crippen LogP) is 3.17. The topological polar surface area (TPSA) is 15.3 Å². The lowest BCUT2D eigenvalue weighted by molar-refractivity contribution is 0.0802. The summed E-state index contributed by atoms with van der Waals surface area (Å²) >= 11 is 0. The van der Waals surface area contributed by atoms with Crippen LogP contribution in [-0.4, -0.2) is 37.1 Å². The van der Waals surface area contributed by atoms with Gasteiger partial charge in [0.1, 0.15) is 0 Å². The normalized spacial score (nSPS) is 29.1. The van der Waals surface area contributed by atoms with Crippen LogP contribution in [-0.2, 0) is 0 Å². The van der Waals surface area contributed by atoms with Gasteiger partial charge in [-0.15, -0.1) is 0 Å². The Hall–Kier alpha value is -0.0800. The third-order valence-electron chi connectivity index (χ3n) is 4.69. The van der Waals surface area contributed by atoms with Crippen LogP contribution in [0, 0.1) is 0 Å². The fraction of sp³-hybridized carbons (Fsp3) is 1.00. The van der Waals surface area contributed by atoms with Gasteiger partial charge in [-0.1, -0.05) is 32.1 Å². The van der Waals surface area contributed by atoms with Crippen molar-refractivity contribution in [2.24, 2.45) is 0 Å². The molecule has 1 saturated heterocycles. The summed E-state index contributed by atoms with van der Waals surface area (Å²) in [7, 11) is 2.08. The number of nitrogens with zero attached hydrogens (tertiary/aromatic N) is 1. The minimum Gasteiger partial charge on any atom is -0.320 e. The van der Waals surface area contributed by atoms with Crippen molar-refractivity contribution >= 4 is 0 Å². The number of piperidine rings is 1. The maximum absolute atomic E-state index is 3.32. The van der Waals surface area contributed by atoms with Crippen molar-refractivity contribution in [1.29, 1.82) is 0 Å². The average molecular weight is 238 g/mol. The Labute approximate surface area is 107 Å². The maximum Gasteiger partial charge on any atom is 0.0110 e. The van der Waals surface area contributed by atoms with Crippen LogP contribution in [0.3, 0.4) is 0 Å². The lowest BCUT2D eigenvalue weighted by Gasteiger charge is -2.41. The molecule has 1 atom stereocenters. The molecule has 1 aliphatic heterocycles. The molecular formula is C15H30N2. The van der Waals surface area contributed by atoms with Gasteiger partial charge >= 0.3 is 0 Å². The van der Waals surface area contributed by atoms with Crippen LogP contribution in [0.15, 0.2) is 0 Å². The van der Waals surface area contributed by atoms with E-state index in [0.717, 1.165) is 12.1 Å². The summed E-state index contributed by atoms with van der Waals surface area (Å²) in [6.45, 7) is 2.56. The molecule has 2 nitrogen and oxygen atoms in total. The molecule has 1 aliphatic carbocycles. The fourth-order valence-electron chi connectivity index (χ4n) is 3.71. The molecule has 2 fully saturated rings. The second-order valence-corrected chi connectivity index (χ2v) is 5.93. The molecule has 0 aromatic heterocycles. The van der Waals surface area contributed by atoms with E-state index in [9.17, 15) is 0 Å². The molecule has 0 spiro atoms. The Bertz CT molecular complexity index is 197. The van der Waals surface area contributed by atoms with Crippen LogP contribution in [0.5, 0.6) is 0 Å². The van der Waals surface area contributed by atoms with Gasteiger partial charge in [-0.3, -0.25) is 4.90 Å². The molecular weight excluding hydrogens is 208 g/mol. The van der Waals surface area contributed by atoms with Gasteiger partial charge in [0.15, 0.2) is 0 Å². The van der Waals surface area contributed by atoms with Crippen LogP contribution in [0.4, 0.5) is 0 Å². The number of nitrogens with one attached hydrogen (secondary N) is 1. The average Bonchev–Trinajstić information content (AvgIpc) is 2.65. The van der Waals surface area contributed by atoms with Gasteiger partial charge in [0.25, 0.3) is 0 Å². The Morgan fingerprint density at radius 2 is 1.65 bits per heavy atom. The molecule has 1 unspecified atom stereocenters. The molecule has 2 heteroatoms. The Kier molecular flexibility index (Phi) is 5.79. The number of rotatable bonds is 4. The van der Waals surface area contributed by atoms with Gasteiger partial charge in [-0.25, -0.2) is 0 Å². The largest absolute Gasteiger partial charge is 0.320 e.